The van der Waals surface area contributed by atoms with E-state index < -0.39 is 17.2 Å². The van der Waals surface area contributed by atoms with E-state index in [9.17, 15) is 15.0 Å². The third-order valence-corrected chi connectivity index (χ3v) is 4.63. The molecule has 0 aromatic carbocycles. The molecule has 2 atom stereocenters. The van der Waals surface area contributed by atoms with Crippen LogP contribution in [0.15, 0.2) is 12.2 Å². The van der Waals surface area contributed by atoms with Crippen molar-refractivity contribution in [1.29, 1.82) is 0 Å². The molecule has 4 saturated carbocycles. The van der Waals surface area contributed by atoms with Gasteiger partial charge in [-0.3, -0.25) is 0 Å². The summed E-state index contributed by atoms with van der Waals surface area (Å²) in [4.78, 5) is 10.6. The van der Waals surface area contributed by atoms with Crippen LogP contribution < -0.4 is 0 Å². The molecule has 0 aromatic heterocycles. The zero-order valence-corrected chi connectivity index (χ0v) is 9.72. The lowest BCUT2D eigenvalue weighted by molar-refractivity contribution is -0.217. The van der Waals surface area contributed by atoms with Gasteiger partial charge in [0, 0.05) is 12.5 Å². The lowest BCUT2D eigenvalue weighted by Gasteiger charge is -2.62. The molecular formula is C13H18O4. The van der Waals surface area contributed by atoms with Gasteiger partial charge in [-0.2, -0.15) is 0 Å². The summed E-state index contributed by atoms with van der Waals surface area (Å²) in [7, 11) is 0. The number of aliphatic carboxylic acids is 1. The van der Waals surface area contributed by atoms with Gasteiger partial charge in [0.2, 0.25) is 0 Å². The molecular weight excluding hydrogens is 220 g/mol. The van der Waals surface area contributed by atoms with E-state index in [4.69, 9.17) is 5.11 Å². The van der Waals surface area contributed by atoms with Crippen molar-refractivity contribution in [3.8, 4) is 0 Å². The minimum atomic E-state index is -0.959. The van der Waals surface area contributed by atoms with Gasteiger partial charge in [0.15, 0.2) is 0 Å². The van der Waals surface area contributed by atoms with Crippen molar-refractivity contribution in [2.45, 2.75) is 49.7 Å². The van der Waals surface area contributed by atoms with Gasteiger partial charge < -0.3 is 15.3 Å². The summed E-state index contributed by atoms with van der Waals surface area (Å²) in [6.07, 6.45) is 6.96. The molecule has 0 aliphatic heterocycles. The van der Waals surface area contributed by atoms with Crippen molar-refractivity contribution in [3.05, 3.63) is 12.2 Å². The van der Waals surface area contributed by atoms with Gasteiger partial charge in [-0.1, -0.05) is 6.08 Å². The third-order valence-electron chi connectivity index (χ3n) is 4.63. The maximum absolute atomic E-state index is 10.6. The average molecular weight is 238 g/mol. The number of rotatable bonds is 2. The van der Waals surface area contributed by atoms with E-state index in [1.54, 1.807) is 6.08 Å². The van der Waals surface area contributed by atoms with Crippen LogP contribution >= 0.6 is 0 Å². The summed E-state index contributed by atoms with van der Waals surface area (Å²) >= 11 is 0. The van der Waals surface area contributed by atoms with E-state index in [2.05, 4.69) is 0 Å². The Bertz CT molecular complexity index is 382. The van der Waals surface area contributed by atoms with Gasteiger partial charge in [-0.05, 0) is 43.4 Å². The highest BCUT2D eigenvalue weighted by atomic mass is 16.4. The summed E-state index contributed by atoms with van der Waals surface area (Å²) in [5.41, 5.74) is -1.87. The first kappa shape index (κ1) is 11.2. The van der Waals surface area contributed by atoms with Gasteiger partial charge in [-0.25, -0.2) is 4.79 Å². The van der Waals surface area contributed by atoms with Gasteiger partial charge >= 0.3 is 5.97 Å². The summed E-state index contributed by atoms with van der Waals surface area (Å²) < 4.78 is 0. The van der Waals surface area contributed by atoms with Crippen LogP contribution in [0.3, 0.4) is 0 Å². The lowest BCUT2D eigenvalue weighted by atomic mass is 9.46. The minimum Gasteiger partial charge on any atom is -0.478 e. The first-order chi connectivity index (χ1) is 7.82. The molecule has 3 N–H and O–H groups in total. The minimum absolute atomic E-state index is 0.304. The molecule has 94 valence electrons. The first-order valence-corrected chi connectivity index (χ1v) is 6.19. The van der Waals surface area contributed by atoms with Gasteiger partial charge in [0.05, 0.1) is 11.2 Å². The first-order valence-electron chi connectivity index (χ1n) is 6.19. The van der Waals surface area contributed by atoms with E-state index in [1.807, 2.05) is 0 Å². The number of hydrogen-bond donors (Lipinski definition) is 3. The Balaban J connectivity index is 1.94. The number of hydrogen-bond acceptors (Lipinski definition) is 3. The fourth-order valence-corrected chi connectivity index (χ4v) is 4.84. The number of carboxylic acid groups (broad SMARTS) is 1. The maximum atomic E-state index is 10.6. The molecule has 4 heteroatoms. The fourth-order valence-electron chi connectivity index (χ4n) is 4.84. The van der Waals surface area contributed by atoms with Crippen molar-refractivity contribution >= 4 is 5.97 Å². The topological polar surface area (TPSA) is 77.8 Å². The van der Waals surface area contributed by atoms with Gasteiger partial charge in [0.1, 0.15) is 0 Å². The fraction of sp³-hybridized carbons (Fsp3) is 0.769. The molecule has 2 unspecified atom stereocenters. The average Bonchev–Trinajstić information content (AvgIpc) is 2.08. The summed E-state index contributed by atoms with van der Waals surface area (Å²) in [6, 6.07) is 0. The second-order valence-corrected chi connectivity index (χ2v) is 6.49. The highest BCUT2D eigenvalue weighted by Crippen LogP contribution is 2.63. The van der Waals surface area contributed by atoms with Crippen molar-refractivity contribution in [1.82, 2.24) is 0 Å². The van der Waals surface area contributed by atoms with Crippen molar-refractivity contribution < 1.29 is 20.1 Å². The second-order valence-electron chi connectivity index (χ2n) is 6.49. The molecule has 4 aliphatic rings. The Morgan fingerprint density at radius 3 is 2.12 bits per heavy atom. The molecule has 0 saturated heterocycles. The zero-order valence-electron chi connectivity index (χ0n) is 9.72. The highest BCUT2D eigenvalue weighted by Gasteiger charge is 2.61. The van der Waals surface area contributed by atoms with Crippen LogP contribution in [0.1, 0.15) is 38.5 Å². The van der Waals surface area contributed by atoms with Crippen LogP contribution in [0, 0.1) is 11.3 Å². The lowest BCUT2D eigenvalue weighted by Crippen LogP contribution is -2.62. The van der Waals surface area contributed by atoms with Crippen molar-refractivity contribution in [2.75, 3.05) is 0 Å². The molecule has 4 nitrogen and oxygen atoms in total. The number of carboxylic acids is 1. The van der Waals surface area contributed by atoms with Crippen LogP contribution in [0.2, 0.25) is 0 Å². The monoisotopic (exact) mass is 238 g/mol. The molecule has 4 rings (SSSR count). The zero-order chi connectivity index (χ0) is 12.3. The molecule has 0 aromatic rings. The third kappa shape index (κ3) is 1.79. The van der Waals surface area contributed by atoms with Crippen LogP contribution in [0.25, 0.3) is 0 Å². The quantitative estimate of drug-likeness (QED) is 0.629. The van der Waals surface area contributed by atoms with Crippen LogP contribution in [-0.2, 0) is 4.79 Å². The van der Waals surface area contributed by atoms with E-state index in [1.165, 1.54) is 6.08 Å². The van der Waals surface area contributed by atoms with E-state index >= 15 is 0 Å². The number of aliphatic hydroxyl groups is 2. The van der Waals surface area contributed by atoms with Crippen LogP contribution in [0.4, 0.5) is 0 Å². The molecule has 4 fully saturated rings. The summed E-state index contributed by atoms with van der Waals surface area (Å²) in [5.74, 6) is -0.626. The summed E-state index contributed by atoms with van der Waals surface area (Å²) in [6.45, 7) is 0. The largest absolute Gasteiger partial charge is 0.478 e. The Kier molecular flexibility index (Phi) is 2.06. The van der Waals surface area contributed by atoms with E-state index in [0.29, 0.717) is 25.2 Å². The van der Waals surface area contributed by atoms with Crippen molar-refractivity contribution in [3.63, 3.8) is 0 Å². The Labute approximate surface area is 100.0 Å². The molecule has 0 amide bonds. The number of carbonyl (C=O) groups is 1. The normalized spacial score (nSPS) is 52.2. The summed E-state index contributed by atoms with van der Waals surface area (Å²) in [5, 5.41) is 29.6. The standard InChI is InChI=1S/C13H18O4/c14-10(15)1-2-11-3-9-4-12(16,6-11)8-13(17,5-9)7-11/h1-2,9,16-17H,3-8H2,(H,14,15). The molecule has 0 radical (unpaired) electrons. The Hall–Kier alpha value is -0.870. The SMILES string of the molecule is O=C(O)C=CC12CC3CC(O)(CC(O)(C3)C1)C2. The van der Waals surface area contributed by atoms with Gasteiger partial charge in [-0.15, -0.1) is 0 Å². The van der Waals surface area contributed by atoms with Gasteiger partial charge in [0.25, 0.3) is 0 Å². The molecule has 0 spiro atoms. The Morgan fingerprint density at radius 1 is 1.06 bits per heavy atom. The van der Waals surface area contributed by atoms with Crippen molar-refractivity contribution in [2.24, 2.45) is 11.3 Å². The molecule has 0 heterocycles. The number of allylic oxidation sites excluding steroid dienone is 1. The predicted molar refractivity (Wildman–Crippen MR) is 60.3 cm³/mol. The molecule has 4 bridgehead atoms. The van der Waals surface area contributed by atoms with Crippen LogP contribution in [0.5, 0.6) is 0 Å². The second kappa shape index (κ2) is 3.12. The molecule has 4 aliphatic carbocycles. The smallest absolute Gasteiger partial charge is 0.327 e. The highest BCUT2D eigenvalue weighted by molar-refractivity contribution is 5.79. The van der Waals surface area contributed by atoms with E-state index in [0.717, 1.165) is 19.3 Å². The van der Waals surface area contributed by atoms with E-state index in [-0.39, 0.29) is 5.41 Å². The molecule has 17 heavy (non-hydrogen) atoms. The predicted octanol–water partition coefficient (Wildman–Crippen LogP) is 1.07. The maximum Gasteiger partial charge on any atom is 0.327 e. The Morgan fingerprint density at radius 2 is 1.65 bits per heavy atom. The van der Waals surface area contributed by atoms with Crippen LogP contribution in [-0.4, -0.2) is 32.5 Å².